The lowest BCUT2D eigenvalue weighted by Gasteiger charge is -2.48. The van der Waals surface area contributed by atoms with Gasteiger partial charge in [0, 0.05) is 28.8 Å². The van der Waals surface area contributed by atoms with Crippen molar-refractivity contribution in [2.24, 2.45) is 0 Å². The number of hydrogen-bond acceptors (Lipinski definition) is 3. The maximum absolute atomic E-state index is 12.9. The zero-order chi connectivity index (χ0) is 20.7. The highest BCUT2D eigenvalue weighted by atomic mass is 35.5. The second kappa shape index (κ2) is 7.51. The fraction of sp³-hybridized carbons (Fsp3) is 0.320. The van der Waals surface area contributed by atoms with E-state index in [1.54, 1.807) is 6.07 Å². The van der Waals surface area contributed by atoms with Gasteiger partial charge in [0.25, 0.3) is 0 Å². The van der Waals surface area contributed by atoms with Gasteiger partial charge in [-0.3, -0.25) is 4.79 Å². The van der Waals surface area contributed by atoms with Crippen LogP contribution >= 0.6 is 11.6 Å². The van der Waals surface area contributed by atoms with E-state index in [0.29, 0.717) is 17.9 Å². The molecule has 1 heterocycles. The molecule has 0 bridgehead atoms. The van der Waals surface area contributed by atoms with Gasteiger partial charge in [0.2, 0.25) is 5.91 Å². The van der Waals surface area contributed by atoms with Gasteiger partial charge in [0.15, 0.2) is 0 Å². The molecule has 4 nitrogen and oxygen atoms in total. The number of aromatic hydroxyl groups is 1. The summed E-state index contributed by atoms with van der Waals surface area (Å²) in [5.74, 6) is 1.11. The summed E-state index contributed by atoms with van der Waals surface area (Å²) >= 11 is 6.22. The first-order valence-electron chi connectivity index (χ1n) is 10.5. The molecule has 1 atom stereocenters. The molecule has 1 spiro atoms. The van der Waals surface area contributed by atoms with Crippen LogP contribution in [-0.4, -0.2) is 16.6 Å². The van der Waals surface area contributed by atoms with E-state index in [1.165, 1.54) is 0 Å². The predicted molar refractivity (Wildman–Crippen MR) is 118 cm³/mol. The highest BCUT2D eigenvalue weighted by Gasteiger charge is 2.45. The zero-order valence-corrected chi connectivity index (χ0v) is 17.4. The highest BCUT2D eigenvalue weighted by molar-refractivity contribution is 6.30. The third kappa shape index (κ3) is 3.50. The molecule has 1 aliphatic carbocycles. The molecular weight excluding hydrogens is 398 g/mol. The summed E-state index contributed by atoms with van der Waals surface area (Å²) in [5, 5.41) is 15.8. The van der Waals surface area contributed by atoms with E-state index in [1.807, 2.05) is 48.5 Å². The van der Waals surface area contributed by atoms with E-state index in [4.69, 9.17) is 16.3 Å². The number of carbonyl (C=O) groups is 1. The number of benzene rings is 3. The molecule has 0 radical (unpaired) electrons. The van der Waals surface area contributed by atoms with Crippen molar-refractivity contribution in [1.82, 2.24) is 5.32 Å². The average Bonchev–Trinajstić information content (AvgIpc) is 2.72. The smallest absolute Gasteiger partial charge is 0.220 e. The molecule has 0 saturated heterocycles. The molecule has 1 fully saturated rings. The Morgan fingerprint density at radius 1 is 1.13 bits per heavy atom. The molecule has 3 aromatic carbocycles. The second-order valence-electron chi connectivity index (χ2n) is 8.43. The van der Waals surface area contributed by atoms with Gasteiger partial charge in [-0.1, -0.05) is 41.9 Å². The predicted octanol–water partition coefficient (Wildman–Crippen LogP) is 5.69. The Hall–Kier alpha value is -2.72. The number of amides is 1. The number of ether oxygens (including phenoxy) is 1. The SMILES string of the molecule is O=C(CCc1ccc(O)c2ccccc12)N[C@@H]1CC2(CCC2)Oc2ccc(Cl)cc21. The van der Waals surface area contributed by atoms with Crippen molar-refractivity contribution in [2.75, 3.05) is 0 Å². The Kier molecular flexibility index (Phi) is 4.82. The summed E-state index contributed by atoms with van der Waals surface area (Å²) in [6, 6.07) is 16.9. The van der Waals surface area contributed by atoms with Crippen LogP contribution in [0.2, 0.25) is 5.02 Å². The number of rotatable bonds is 4. The first-order valence-corrected chi connectivity index (χ1v) is 10.9. The van der Waals surface area contributed by atoms with E-state index in [9.17, 15) is 9.90 Å². The summed E-state index contributed by atoms with van der Waals surface area (Å²) in [5.41, 5.74) is 1.87. The second-order valence-corrected chi connectivity index (χ2v) is 8.87. The van der Waals surface area contributed by atoms with Crippen molar-refractivity contribution < 1.29 is 14.6 Å². The van der Waals surface area contributed by atoms with Crippen molar-refractivity contribution in [2.45, 2.75) is 50.2 Å². The molecule has 1 aliphatic heterocycles. The van der Waals surface area contributed by atoms with E-state index in [-0.39, 0.29) is 23.3 Å². The van der Waals surface area contributed by atoms with E-state index >= 15 is 0 Å². The Labute approximate surface area is 180 Å². The largest absolute Gasteiger partial charge is 0.507 e. The molecule has 2 aliphatic rings. The lowest BCUT2D eigenvalue weighted by Crippen LogP contribution is -2.49. The summed E-state index contributed by atoms with van der Waals surface area (Å²) < 4.78 is 6.28. The molecule has 30 heavy (non-hydrogen) atoms. The number of nitrogens with one attached hydrogen (secondary N) is 1. The maximum Gasteiger partial charge on any atom is 0.220 e. The van der Waals surface area contributed by atoms with Crippen molar-refractivity contribution >= 4 is 28.3 Å². The molecule has 1 amide bonds. The van der Waals surface area contributed by atoms with Gasteiger partial charge < -0.3 is 15.2 Å². The number of halogens is 1. The Bertz CT molecular complexity index is 1120. The van der Waals surface area contributed by atoms with Crippen LogP contribution in [0.15, 0.2) is 54.6 Å². The summed E-state index contributed by atoms with van der Waals surface area (Å²) in [6.45, 7) is 0. The van der Waals surface area contributed by atoms with Crippen LogP contribution in [0.5, 0.6) is 11.5 Å². The first-order chi connectivity index (χ1) is 14.5. The summed E-state index contributed by atoms with van der Waals surface area (Å²) in [7, 11) is 0. The molecule has 0 aromatic heterocycles. The number of fused-ring (bicyclic) bond motifs is 2. The Morgan fingerprint density at radius 3 is 2.70 bits per heavy atom. The number of phenols is 1. The molecular formula is C25H24ClNO3. The van der Waals surface area contributed by atoms with Gasteiger partial charge >= 0.3 is 0 Å². The van der Waals surface area contributed by atoms with Gasteiger partial charge in [0.1, 0.15) is 17.1 Å². The van der Waals surface area contributed by atoms with Crippen LogP contribution in [0.4, 0.5) is 0 Å². The third-order valence-corrected chi connectivity index (χ3v) is 6.70. The Morgan fingerprint density at radius 2 is 1.93 bits per heavy atom. The minimum Gasteiger partial charge on any atom is -0.507 e. The average molecular weight is 422 g/mol. The molecule has 2 N–H and O–H groups in total. The summed E-state index contributed by atoms with van der Waals surface area (Å²) in [4.78, 5) is 12.9. The number of hydrogen-bond donors (Lipinski definition) is 2. The molecule has 0 unspecified atom stereocenters. The lowest BCUT2D eigenvalue weighted by atomic mass is 9.73. The van der Waals surface area contributed by atoms with E-state index in [0.717, 1.165) is 53.3 Å². The van der Waals surface area contributed by atoms with Gasteiger partial charge in [-0.25, -0.2) is 0 Å². The van der Waals surface area contributed by atoms with Crippen LogP contribution < -0.4 is 10.1 Å². The van der Waals surface area contributed by atoms with E-state index < -0.39 is 0 Å². The monoisotopic (exact) mass is 421 g/mol. The fourth-order valence-electron chi connectivity index (χ4n) is 4.73. The minimum atomic E-state index is -0.147. The lowest BCUT2D eigenvalue weighted by molar-refractivity contribution is -0.123. The van der Waals surface area contributed by atoms with Crippen molar-refractivity contribution in [3.63, 3.8) is 0 Å². The zero-order valence-electron chi connectivity index (χ0n) is 16.7. The van der Waals surface area contributed by atoms with Gasteiger partial charge in [-0.05, 0) is 60.9 Å². The van der Waals surface area contributed by atoms with Gasteiger partial charge in [0.05, 0.1) is 6.04 Å². The maximum atomic E-state index is 12.9. The van der Waals surface area contributed by atoms with Crippen LogP contribution in [0.3, 0.4) is 0 Å². The number of phenolic OH excluding ortho intramolecular Hbond substituents is 1. The van der Waals surface area contributed by atoms with Crippen molar-refractivity contribution in [3.8, 4) is 11.5 Å². The van der Waals surface area contributed by atoms with Crippen molar-refractivity contribution in [3.05, 3.63) is 70.7 Å². The van der Waals surface area contributed by atoms with Crippen LogP contribution in [0.25, 0.3) is 10.8 Å². The molecule has 3 aromatic rings. The molecule has 5 heteroatoms. The highest BCUT2D eigenvalue weighted by Crippen LogP contribution is 2.49. The normalized spacial score (nSPS) is 19.0. The first kappa shape index (κ1) is 19.3. The number of aryl methyl sites for hydroxylation is 1. The van der Waals surface area contributed by atoms with Gasteiger partial charge in [-0.2, -0.15) is 0 Å². The third-order valence-electron chi connectivity index (χ3n) is 6.46. The van der Waals surface area contributed by atoms with Crippen molar-refractivity contribution in [1.29, 1.82) is 0 Å². The van der Waals surface area contributed by atoms with Crippen LogP contribution in [0, 0.1) is 0 Å². The van der Waals surface area contributed by atoms with Crippen LogP contribution in [-0.2, 0) is 11.2 Å². The fourth-order valence-corrected chi connectivity index (χ4v) is 4.91. The molecule has 1 saturated carbocycles. The van der Waals surface area contributed by atoms with E-state index in [2.05, 4.69) is 5.32 Å². The van der Waals surface area contributed by atoms with Crippen LogP contribution in [0.1, 0.15) is 49.3 Å². The Balaban J connectivity index is 1.32. The quantitative estimate of drug-likeness (QED) is 0.568. The topological polar surface area (TPSA) is 58.6 Å². The summed E-state index contributed by atoms with van der Waals surface area (Å²) in [6.07, 6.45) is 5.01. The minimum absolute atomic E-state index is 0.0134. The molecule has 154 valence electrons. The van der Waals surface area contributed by atoms with Gasteiger partial charge in [-0.15, -0.1) is 0 Å². The standard InChI is InChI=1S/C25H24ClNO3/c26-17-8-10-23-20(14-17)21(15-25(30-23)12-3-13-25)27-24(29)11-7-16-6-9-22(28)19-5-2-1-4-18(16)19/h1-2,4-6,8-10,14,21,28H,3,7,11-13,15H2,(H,27,29)/t21-/m1/s1. The molecule has 5 rings (SSSR count). The number of carbonyl (C=O) groups excluding carboxylic acids is 1.